The average molecular weight is 286 g/mol. The van der Waals surface area contributed by atoms with Crippen LogP contribution in [0.2, 0.25) is 0 Å². The van der Waals surface area contributed by atoms with Crippen LogP contribution in [-0.2, 0) is 24.6 Å². The quantitative estimate of drug-likeness (QED) is 0.0973. The van der Waals surface area contributed by atoms with Gasteiger partial charge < -0.3 is 9.29 Å². The van der Waals surface area contributed by atoms with Crippen molar-refractivity contribution in [3.8, 4) is 0 Å². The third-order valence-electron chi connectivity index (χ3n) is 2.16. The number of nitrogens with zero attached hydrogens (tertiary/aromatic N) is 4. The van der Waals surface area contributed by atoms with Crippen molar-refractivity contribution in [2.45, 2.75) is 18.5 Å². The van der Waals surface area contributed by atoms with Crippen LogP contribution >= 0.6 is 0 Å². The van der Waals surface area contributed by atoms with Gasteiger partial charge in [-0.3, -0.25) is 9.59 Å². The van der Waals surface area contributed by atoms with Crippen LogP contribution in [0.4, 0.5) is 0 Å². The topological polar surface area (TPSA) is 153 Å². The van der Waals surface area contributed by atoms with Gasteiger partial charge in [-0.15, -0.1) is 0 Å². The van der Waals surface area contributed by atoms with Crippen LogP contribution in [0, 0.1) is 0 Å². The third-order valence-corrected chi connectivity index (χ3v) is 3.09. The van der Waals surface area contributed by atoms with Crippen molar-refractivity contribution in [3.05, 3.63) is 10.4 Å². The molecule has 1 fully saturated rings. The Kier molecular flexibility index (Phi) is 6.07. The SMILES string of the molecule is COC(=O)C[C@H]1[C@H](N=[N+]=[N-])C(=O)N1S(=O)(=O)[O-].[Na+]. The molecule has 2 atom stereocenters. The smallest absolute Gasteiger partial charge is 0.731 e. The minimum atomic E-state index is -5.03. The number of hydrogen-bond acceptors (Lipinski definition) is 7. The second-order valence-corrected chi connectivity index (χ2v) is 4.34. The number of carbonyl (C=O) groups excluding carboxylic acids is 2. The molecular formula is C6H7N4NaO6S. The summed E-state index contributed by atoms with van der Waals surface area (Å²) in [5, 5.41) is 3.02. The number of esters is 1. The summed E-state index contributed by atoms with van der Waals surface area (Å²) < 4.78 is 36.4. The summed E-state index contributed by atoms with van der Waals surface area (Å²) in [5.41, 5.74) is 8.16. The summed E-state index contributed by atoms with van der Waals surface area (Å²) in [6.45, 7) is 0. The maximum atomic E-state index is 11.2. The van der Waals surface area contributed by atoms with Crippen molar-refractivity contribution in [1.82, 2.24) is 4.31 Å². The van der Waals surface area contributed by atoms with Crippen LogP contribution in [0.3, 0.4) is 0 Å². The minimum absolute atomic E-state index is 0. The van der Waals surface area contributed by atoms with Gasteiger partial charge in [0, 0.05) is 4.91 Å². The second-order valence-electron chi connectivity index (χ2n) is 3.09. The van der Waals surface area contributed by atoms with Gasteiger partial charge in [0.25, 0.3) is 0 Å². The van der Waals surface area contributed by atoms with E-state index < -0.39 is 40.7 Å². The van der Waals surface area contributed by atoms with E-state index in [4.69, 9.17) is 5.53 Å². The summed E-state index contributed by atoms with van der Waals surface area (Å²) >= 11 is 0. The Morgan fingerprint density at radius 1 is 1.67 bits per heavy atom. The van der Waals surface area contributed by atoms with E-state index in [9.17, 15) is 22.6 Å². The normalized spacial score (nSPS) is 22.3. The first-order valence-corrected chi connectivity index (χ1v) is 5.59. The third kappa shape index (κ3) is 3.34. The van der Waals surface area contributed by atoms with Crippen molar-refractivity contribution in [3.63, 3.8) is 0 Å². The van der Waals surface area contributed by atoms with Crippen LogP contribution in [0.5, 0.6) is 0 Å². The monoisotopic (exact) mass is 286 g/mol. The van der Waals surface area contributed by atoms with Gasteiger partial charge in [0.2, 0.25) is 5.91 Å². The average Bonchev–Trinajstić information content (AvgIpc) is 2.22. The second kappa shape index (κ2) is 6.36. The number of amides is 1. The Balaban J connectivity index is 0.00000289. The van der Waals surface area contributed by atoms with Crippen LogP contribution in [0.25, 0.3) is 10.4 Å². The van der Waals surface area contributed by atoms with E-state index in [2.05, 4.69) is 14.8 Å². The molecule has 0 bridgehead atoms. The summed E-state index contributed by atoms with van der Waals surface area (Å²) in [6, 6.07) is -2.68. The number of methoxy groups -OCH3 is 1. The molecule has 0 N–H and O–H groups in total. The molecule has 0 aromatic carbocycles. The first-order chi connectivity index (χ1) is 7.82. The molecule has 1 amide bonds. The zero-order valence-corrected chi connectivity index (χ0v) is 12.3. The van der Waals surface area contributed by atoms with Crippen LogP contribution in [0.1, 0.15) is 6.42 Å². The fourth-order valence-corrected chi connectivity index (χ4v) is 2.26. The van der Waals surface area contributed by atoms with Gasteiger partial charge in [-0.25, -0.2) is 12.7 Å². The molecule has 0 unspecified atom stereocenters. The predicted octanol–water partition coefficient (Wildman–Crippen LogP) is -4.10. The van der Waals surface area contributed by atoms with Crippen LogP contribution < -0.4 is 29.6 Å². The van der Waals surface area contributed by atoms with Gasteiger partial charge in [-0.2, -0.15) is 0 Å². The molecule has 94 valence electrons. The molecule has 0 aromatic rings. The summed E-state index contributed by atoms with van der Waals surface area (Å²) in [7, 11) is -3.97. The fourth-order valence-electron chi connectivity index (χ4n) is 1.41. The van der Waals surface area contributed by atoms with Crippen molar-refractivity contribution < 1.29 is 56.9 Å². The number of azide groups is 1. The molecule has 18 heavy (non-hydrogen) atoms. The Bertz CT molecular complexity index is 500. The maximum absolute atomic E-state index is 11.2. The number of β-lactam (4-membered cyclic amide) rings is 1. The number of rotatable bonds is 4. The molecule has 1 aliphatic heterocycles. The van der Waals surface area contributed by atoms with Crippen molar-refractivity contribution in [2.24, 2.45) is 5.11 Å². The molecule has 1 heterocycles. The molecular weight excluding hydrogens is 279 g/mol. The van der Waals surface area contributed by atoms with Gasteiger partial charge >= 0.3 is 35.5 Å². The fraction of sp³-hybridized carbons (Fsp3) is 0.667. The first kappa shape index (κ1) is 17.2. The maximum Gasteiger partial charge on any atom is 1.00 e. The molecule has 0 aromatic heterocycles. The van der Waals surface area contributed by atoms with Crippen LogP contribution in [0.15, 0.2) is 5.11 Å². The zero-order chi connectivity index (χ0) is 13.2. The minimum Gasteiger partial charge on any atom is -0.731 e. The standard InChI is InChI=1S/C6H8N4O6S.Na/c1-16-4(11)2-3-5(8-9-7)6(12)10(3)17(13,14)15;/h3,5H,2H2,1H3,(H,13,14,15);/q;+1/p-1/t3-,5-;/m0./s1. The Labute approximate surface area is 124 Å². The van der Waals surface area contributed by atoms with Crippen LogP contribution in [-0.4, -0.2) is 48.3 Å². The molecule has 12 heteroatoms. The molecule has 0 aliphatic carbocycles. The molecule has 1 rings (SSSR count). The van der Waals surface area contributed by atoms with E-state index in [1.807, 2.05) is 0 Å². The van der Waals surface area contributed by atoms with E-state index >= 15 is 0 Å². The first-order valence-electron chi connectivity index (χ1n) is 4.23. The van der Waals surface area contributed by atoms with E-state index in [0.29, 0.717) is 0 Å². The molecule has 1 saturated heterocycles. The van der Waals surface area contributed by atoms with Gasteiger partial charge in [-0.1, -0.05) is 5.11 Å². The van der Waals surface area contributed by atoms with E-state index in [0.717, 1.165) is 7.11 Å². The van der Waals surface area contributed by atoms with Crippen molar-refractivity contribution in [1.29, 1.82) is 0 Å². The zero-order valence-electron chi connectivity index (χ0n) is 9.51. The molecule has 0 saturated carbocycles. The van der Waals surface area contributed by atoms with Gasteiger partial charge in [0.05, 0.1) is 19.6 Å². The molecule has 1 aliphatic rings. The number of carbonyl (C=O) groups is 2. The number of ether oxygens (including phenoxy) is 1. The Morgan fingerprint density at radius 2 is 2.22 bits per heavy atom. The van der Waals surface area contributed by atoms with Gasteiger partial charge in [0.15, 0.2) is 10.3 Å². The van der Waals surface area contributed by atoms with Crippen molar-refractivity contribution in [2.75, 3.05) is 7.11 Å². The van der Waals surface area contributed by atoms with E-state index in [1.54, 1.807) is 0 Å². The van der Waals surface area contributed by atoms with E-state index in [-0.39, 0.29) is 33.9 Å². The summed E-state index contributed by atoms with van der Waals surface area (Å²) in [5.74, 6) is -1.97. The molecule has 0 spiro atoms. The summed E-state index contributed by atoms with van der Waals surface area (Å²) in [6.07, 6.45) is -0.534. The summed E-state index contributed by atoms with van der Waals surface area (Å²) in [4.78, 5) is 24.5. The van der Waals surface area contributed by atoms with Crippen molar-refractivity contribution >= 4 is 22.2 Å². The van der Waals surface area contributed by atoms with Gasteiger partial charge in [0.1, 0.15) is 6.04 Å². The number of hydrogen-bond donors (Lipinski definition) is 0. The Hall–Kier alpha value is -0.840. The van der Waals surface area contributed by atoms with Gasteiger partial charge in [-0.05, 0) is 5.53 Å². The largest absolute Gasteiger partial charge is 1.00 e. The molecule has 0 radical (unpaired) electrons. The Morgan fingerprint density at radius 3 is 2.61 bits per heavy atom. The van der Waals surface area contributed by atoms with E-state index in [1.165, 1.54) is 0 Å². The predicted molar refractivity (Wildman–Crippen MR) is 49.9 cm³/mol. The molecule has 10 nitrogen and oxygen atoms in total.